The van der Waals surface area contributed by atoms with Gasteiger partial charge in [0.15, 0.2) is 0 Å². The standard InChI is InChI=1S/C17H16N2/c18-10-9-13-5-1-3-7-16(13)15-11-14-6-2-4-8-17(14)19-12-15/h1-8,11-12H,9-10,18H2. The number of para-hydroxylation sites is 1. The Hall–Kier alpha value is -2.19. The van der Waals surface area contributed by atoms with Crippen LogP contribution in [-0.4, -0.2) is 11.5 Å². The highest BCUT2D eigenvalue weighted by molar-refractivity contribution is 5.84. The van der Waals surface area contributed by atoms with Crippen molar-refractivity contribution in [2.75, 3.05) is 6.54 Å². The zero-order valence-electron chi connectivity index (χ0n) is 10.7. The van der Waals surface area contributed by atoms with E-state index in [1.165, 1.54) is 16.5 Å². The lowest BCUT2D eigenvalue weighted by Crippen LogP contribution is -2.03. The Kier molecular flexibility index (Phi) is 3.25. The number of benzene rings is 2. The second-order valence-electron chi connectivity index (χ2n) is 4.61. The number of hydrogen-bond acceptors (Lipinski definition) is 2. The minimum absolute atomic E-state index is 0.665. The van der Waals surface area contributed by atoms with Crippen LogP contribution in [0.25, 0.3) is 22.0 Å². The monoisotopic (exact) mass is 248 g/mol. The van der Waals surface area contributed by atoms with Crippen LogP contribution < -0.4 is 5.73 Å². The molecule has 0 aliphatic carbocycles. The van der Waals surface area contributed by atoms with E-state index >= 15 is 0 Å². The van der Waals surface area contributed by atoms with Crippen LogP contribution in [0.4, 0.5) is 0 Å². The summed E-state index contributed by atoms with van der Waals surface area (Å²) in [5.74, 6) is 0. The fraction of sp³-hybridized carbons (Fsp3) is 0.118. The number of fused-ring (bicyclic) bond motifs is 1. The largest absolute Gasteiger partial charge is 0.330 e. The van der Waals surface area contributed by atoms with Crippen LogP contribution in [0.3, 0.4) is 0 Å². The highest BCUT2D eigenvalue weighted by Gasteiger charge is 2.05. The van der Waals surface area contributed by atoms with E-state index in [2.05, 4.69) is 41.4 Å². The Morgan fingerprint density at radius 3 is 2.63 bits per heavy atom. The number of hydrogen-bond donors (Lipinski definition) is 1. The van der Waals surface area contributed by atoms with Crippen LogP contribution in [0.1, 0.15) is 5.56 Å². The first-order chi connectivity index (χ1) is 9.38. The first-order valence-electron chi connectivity index (χ1n) is 6.51. The second kappa shape index (κ2) is 5.21. The molecule has 0 aliphatic heterocycles. The summed E-state index contributed by atoms with van der Waals surface area (Å²) in [6, 6.07) is 18.8. The zero-order valence-corrected chi connectivity index (χ0v) is 10.7. The van der Waals surface area contributed by atoms with Gasteiger partial charge in [0.2, 0.25) is 0 Å². The molecule has 0 bridgehead atoms. The molecule has 0 atom stereocenters. The van der Waals surface area contributed by atoms with E-state index < -0.39 is 0 Å². The third-order valence-corrected chi connectivity index (χ3v) is 3.33. The van der Waals surface area contributed by atoms with Crippen molar-refractivity contribution in [2.24, 2.45) is 5.73 Å². The molecule has 0 radical (unpaired) electrons. The Labute approximate surface area is 112 Å². The van der Waals surface area contributed by atoms with Gasteiger partial charge in [-0.05, 0) is 36.2 Å². The molecule has 0 saturated heterocycles. The van der Waals surface area contributed by atoms with Crippen molar-refractivity contribution in [3.05, 3.63) is 66.4 Å². The predicted octanol–water partition coefficient (Wildman–Crippen LogP) is 3.40. The Bertz CT molecular complexity index is 704. The number of pyridine rings is 1. The maximum atomic E-state index is 5.68. The number of nitrogens with zero attached hydrogens (tertiary/aromatic N) is 1. The molecular formula is C17H16N2. The van der Waals surface area contributed by atoms with Gasteiger partial charge in [0, 0.05) is 17.1 Å². The minimum atomic E-state index is 0.665. The lowest BCUT2D eigenvalue weighted by Gasteiger charge is -2.09. The molecule has 2 heteroatoms. The lowest BCUT2D eigenvalue weighted by atomic mass is 9.98. The third kappa shape index (κ3) is 2.35. The molecule has 3 aromatic rings. The fourth-order valence-corrected chi connectivity index (χ4v) is 2.39. The van der Waals surface area contributed by atoms with E-state index in [4.69, 9.17) is 5.73 Å². The van der Waals surface area contributed by atoms with E-state index in [0.717, 1.165) is 17.5 Å². The van der Waals surface area contributed by atoms with Crippen LogP contribution in [0, 0.1) is 0 Å². The van der Waals surface area contributed by atoms with Gasteiger partial charge < -0.3 is 5.73 Å². The average molecular weight is 248 g/mol. The van der Waals surface area contributed by atoms with Crippen molar-refractivity contribution in [3.63, 3.8) is 0 Å². The minimum Gasteiger partial charge on any atom is -0.330 e. The molecule has 3 rings (SSSR count). The van der Waals surface area contributed by atoms with Gasteiger partial charge in [-0.1, -0.05) is 42.5 Å². The number of aromatic nitrogens is 1. The third-order valence-electron chi connectivity index (χ3n) is 3.33. The first kappa shape index (κ1) is 11.9. The van der Waals surface area contributed by atoms with Crippen molar-refractivity contribution in [1.29, 1.82) is 0 Å². The maximum absolute atomic E-state index is 5.68. The molecule has 94 valence electrons. The highest BCUT2D eigenvalue weighted by Crippen LogP contribution is 2.26. The fourth-order valence-electron chi connectivity index (χ4n) is 2.39. The van der Waals surface area contributed by atoms with Crippen LogP contribution in [0.5, 0.6) is 0 Å². The maximum Gasteiger partial charge on any atom is 0.0702 e. The number of nitrogens with two attached hydrogens (primary N) is 1. The van der Waals surface area contributed by atoms with Crippen LogP contribution in [0.2, 0.25) is 0 Å². The Balaban J connectivity index is 2.13. The smallest absolute Gasteiger partial charge is 0.0702 e. The molecule has 0 amide bonds. The van der Waals surface area contributed by atoms with Gasteiger partial charge in [-0.2, -0.15) is 0 Å². The Morgan fingerprint density at radius 1 is 0.947 bits per heavy atom. The first-order valence-corrected chi connectivity index (χ1v) is 6.51. The van der Waals surface area contributed by atoms with E-state index in [9.17, 15) is 0 Å². The molecule has 2 nitrogen and oxygen atoms in total. The molecule has 0 fully saturated rings. The van der Waals surface area contributed by atoms with Crippen LogP contribution in [-0.2, 0) is 6.42 Å². The second-order valence-corrected chi connectivity index (χ2v) is 4.61. The molecule has 1 aromatic heterocycles. The molecule has 1 heterocycles. The summed E-state index contributed by atoms with van der Waals surface area (Å²) in [4.78, 5) is 4.53. The summed E-state index contributed by atoms with van der Waals surface area (Å²) in [7, 11) is 0. The predicted molar refractivity (Wildman–Crippen MR) is 79.9 cm³/mol. The molecule has 0 aliphatic rings. The van der Waals surface area contributed by atoms with Gasteiger partial charge in [-0.15, -0.1) is 0 Å². The van der Waals surface area contributed by atoms with E-state index in [1.807, 2.05) is 24.4 Å². The van der Waals surface area contributed by atoms with Gasteiger partial charge in [0.1, 0.15) is 0 Å². The summed E-state index contributed by atoms with van der Waals surface area (Å²) >= 11 is 0. The van der Waals surface area contributed by atoms with E-state index in [1.54, 1.807) is 0 Å². The van der Waals surface area contributed by atoms with Crippen molar-refractivity contribution in [1.82, 2.24) is 4.98 Å². The van der Waals surface area contributed by atoms with Gasteiger partial charge in [0.05, 0.1) is 5.52 Å². The number of rotatable bonds is 3. The van der Waals surface area contributed by atoms with E-state index in [0.29, 0.717) is 6.54 Å². The summed E-state index contributed by atoms with van der Waals surface area (Å²) in [5, 5.41) is 1.17. The highest BCUT2D eigenvalue weighted by atomic mass is 14.6. The quantitative estimate of drug-likeness (QED) is 0.771. The summed E-state index contributed by atoms with van der Waals surface area (Å²) < 4.78 is 0. The van der Waals surface area contributed by atoms with E-state index in [-0.39, 0.29) is 0 Å². The SMILES string of the molecule is NCCc1ccccc1-c1cnc2ccccc2c1. The summed E-state index contributed by atoms with van der Waals surface area (Å²) in [5.41, 5.74) is 10.4. The normalized spacial score (nSPS) is 10.8. The molecular weight excluding hydrogens is 232 g/mol. The van der Waals surface area contributed by atoms with Gasteiger partial charge in [0.25, 0.3) is 0 Å². The van der Waals surface area contributed by atoms with Gasteiger partial charge in [-0.25, -0.2) is 0 Å². The molecule has 0 saturated carbocycles. The molecule has 2 aromatic carbocycles. The van der Waals surface area contributed by atoms with Crippen molar-refractivity contribution in [2.45, 2.75) is 6.42 Å². The van der Waals surface area contributed by atoms with Crippen molar-refractivity contribution in [3.8, 4) is 11.1 Å². The Morgan fingerprint density at radius 2 is 1.74 bits per heavy atom. The van der Waals surface area contributed by atoms with Crippen molar-refractivity contribution >= 4 is 10.9 Å². The molecule has 2 N–H and O–H groups in total. The zero-order chi connectivity index (χ0) is 13.1. The lowest BCUT2D eigenvalue weighted by molar-refractivity contribution is 0.970. The van der Waals surface area contributed by atoms with Crippen LogP contribution in [0.15, 0.2) is 60.8 Å². The van der Waals surface area contributed by atoms with Crippen molar-refractivity contribution < 1.29 is 0 Å². The van der Waals surface area contributed by atoms with Gasteiger partial charge >= 0.3 is 0 Å². The average Bonchev–Trinajstić information content (AvgIpc) is 2.48. The summed E-state index contributed by atoms with van der Waals surface area (Å²) in [6.45, 7) is 0.665. The molecule has 0 spiro atoms. The molecule has 0 unspecified atom stereocenters. The van der Waals surface area contributed by atoms with Crippen LogP contribution >= 0.6 is 0 Å². The molecule has 19 heavy (non-hydrogen) atoms. The summed E-state index contributed by atoms with van der Waals surface area (Å²) in [6.07, 6.45) is 2.83. The topological polar surface area (TPSA) is 38.9 Å². The van der Waals surface area contributed by atoms with Gasteiger partial charge in [-0.3, -0.25) is 4.98 Å².